The van der Waals surface area contributed by atoms with Crippen molar-refractivity contribution in [1.29, 1.82) is 5.26 Å². The van der Waals surface area contributed by atoms with Gasteiger partial charge in [0, 0.05) is 13.2 Å². The SMILES string of the molecule is C=C1C(C#N)=CC(C(=O)O)=CN1C. The quantitative estimate of drug-likeness (QED) is 0.643. The van der Waals surface area contributed by atoms with Gasteiger partial charge in [-0.2, -0.15) is 5.26 Å². The Hall–Kier alpha value is -2.02. The summed E-state index contributed by atoms with van der Waals surface area (Å²) in [7, 11) is 1.65. The first kappa shape index (κ1) is 9.07. The summed E-state index contributed by atoms with van der Waals surface area (Å²) < 4.78 is 0. The smallest absolute Gasteiger partial charge is 0.337 e. The van der Waals surface area contributed by atoms with Crippen LogP contribution >= 0.6 is 0 Å². The van der Waals surface area contributed by atoms with Gasteiger partial charge < -0.3 is 10.0 Å². The third-order valence-corrected chi connectivity index (χ3v) is 1.74. The van der Waals surface area contributed by atoms with Crippen molar-refractivity contribution in [1.82, 2.24) is 4.90 Å². The third-order valence-electron chi connectivity index (χ3n) is 1.74. The van der Waals surface area contributed by atoms with Crippen LogP contribution in [0.3, 0.4) is 0 Å². The van der Waals surface area contributed by atoms with E-state index in [9.17, 15) is 4.79 Å². The molecule has 66 valence electrons. The second-order valence-corrected chi connectivity index (χ2v) is 2.62. The van der Waals surface area contributed by atoms with E-state index < -0.39 is 5.97 Å². The fraction of sp³-hybridized carbons (Fsp3) is 0.111. The molecule has 0 atom stereocenters. The Labute approximate surface area is 75.7 Å². The van der Waals surface area contributed by atoms with Crippen molar-refractivity contribution in [2.45, 2.75) is 0 Å². The Morgan fingerprint density at radius 1 is 1.77 bits per heavy atom. The number of carboxylic acids is 1. The molecule has 0 saturated carbocycles. The molecular weight excluding hydrogens is 168 g/mol. The summed E-state index contributed by atoms with van der Waals surface area (Å²) in [6, 6.07) is 1.88. The molecule has 1 aliphatic rings. The molecule has 13 heavy (non-hydrogen) atoms. The second kappa shape index (κ2) is 3.15. The predicted molar refractivity (Wildman–Crippen MR) is 46.3 cm³/mol. The van der Waals surface area contributed by atoms with Gasteiger partial charge in [-0.3, -0.25) is 0 Å². The van der Waals surface area contributed by atoms with Crippen molar-refractivity contribution in [2.75, 3.05) is 7.05 Å². The number of hydrogen-bond donors (Lipinski definition) is 1. The van der Waals surface area contributed by atoms with Gasteiger partial charge >= 0.3 is 5.97 Å². The summed E-state index contributed by atoms with van der Waals surface area (Å²) in [5, 5.41) is 17.3. The minimum absolute atomic E-state index is 0.0893. The lowest BCUT2D eigenvalue weighted by Gasteiger charge is -2.20. The van der Waals surface area contributed by atoms with E-state index in [1.165, 1.54) is 17.2 Å². The van der Waals surface area contributed by atoms with Gasteiger partial charge in [0.2, 0.25) is 0 Å². The van der Waals surface area contributed by atoms with E-state index >= 15 is 0 Å². The van der Waals surface area contributed by atoms with Gasteiger partial charge in [-0.1, -0.05) is 6.58 Å². The molecule has 0 aromatic carbocycles. The van der Waals surface area contributed by atoms with Gasteiger partial charge in [0.05, 0.1) is 16.8 Å². The molecule has 0 aromatic heterocycles. The number of rotatable bonds is 1. The molecule has 0 bridgehead atoms. The molecule has 4 heteroatoms. The molecule has 0 radical (unpaired) electrons. The van der Waals surface area contributed by atoms with Crippen molar-refractivity contribution in [3.63, 3.8) is 0 Å². The largest absolute Gasteiger partial charge is 0.478 e. The first-order chi connectivity index (χ1) is 6.06. The van der Waals surface area contributed by atoms with E-state index in [1.54, 1.807) is 7.05 Å². The van der Waals surface area contributed by atoms with Crippen molar-refractivity contribution in [3.8, 4) is 6.07 Å². The van der Waals surface area contributed by atoms with E-state index in [4.69, 9.17) is 10.4 Å². The Morgan fingerprint density at radius 3 is 2.85 bits per heavy atom. The van der Waals surface area contributed by atoms with Crippen molar-refractivity contribution in [2.24, 2.45) is 0 Å². The molecule has 0 aromatic rings. The number of likely N-dealkylation sites (N-methyl/N-ethyl adjacent to an activating group) is 1. The number of allylic oxidation sites excluding steroid dienone is 1. The molecule has 0 amide bonds. The lowest BCUT2D eigenvalue weighted by molar-refractivity contribution is -0.132. The zero-order valence-corrected chi connectivity index (χ0v) is 7.11. The first-order valence-electron chi connectivity index (χ1n) is 3.55. The third kappa shape index (κ3) is 1.59. The molecule has 1 N–H and O–H groups in total. The minimum Gasteiger partial charge on any atom is -0.478 e. The maximum Gasteiger partial charge on any atom is 0.337 e. The molecule has 1 heterocycles. The molecule has 0 saturated heterocycles. The van der Waals surface area contributed by atoms with Crippen LogP contribution in [0.25, 0.3) is 0 Å². The zero-order valence-electron chi connectivity index (χ0n) is 7.11. The molecule has 0 spiro atoms. The number of carboxylic acid groups (broad SMARTS) is 1. The van der Waals surface area contributed by atoms with E-state index in [1.807, 2.05) is 6.07 Å². The number of nitrogens with zero attached hydrogens (tertiary/aromatic N) is 2. The topological polar surface area (TPSA) is 64.3 Å². The summed E-state index contributed by atoms with van der Waals surface area (Å²) in [5.41, 5.74) is 0.876. The van der Waals surface area contributed by atoms with E-state index in [-0.39, 0.29) is 11.1 Å². The maximum absolute atomic E-state index is 10.6. The Morgan fingerprint density at radius 2 is 2.38 bits per heavy atom. The van der Waals surface area contributed by atoms with Crippen LogP contribution in [-0.2, 0) is 4.79 Å². The van der Waals surface area contributed by atoms with Gasteiger partial charge in [-0.15, -0.1) is 0 Å². The monoisotopic (exact) mass is 176 g/mol. The van der Waals surface area contributed by atoms with Gasteiger partial charge in [-0.05, 0) is 6.08 Å². The first-order valence-corrected chi connectivity index (χ1v) is 3.55. The fourth-order valence-corrected chi connectivity index (χ4v) is 0.966. The van der Waals surface area contributed by atoms with E-state index in [2.05, 4.69) is 6.58 Å². The normalized spacial score (nSPS) is 16.0. The molecular formula is C9H8N2O2. The average Bonchev–Trinajstić information content (AvgIpc) is 2.09. The lowest BCUT2D eigenvalue weighted by Crippen LogP contribution is -2.18. The highest BCUT2D eigenvalue weighted by molar-refractivity contribution is 5.91. The summed E-state index contributed by atoms with van der Waals surface area (Å²) in [6.07, 6.45) is 2.73. The molecule has 1 rings (SSSR count). The fourth-order valence-electron chi connectivity index (χ4n) is 0.966. The average molecular weight is 176 g/mol. The number of hydrogen-bond acceptors (Lipinski definition) is 3. The van der Waals surface area contributed by atoms with Crippen molar-refractivity contribution >= 4 is 5.97 Å². The molecule has 1 aliphatic heterocycles. The summed E-state index contributed by atoms with van der Waals surface area (Å²) in [4.78, 5) is 12.1. The van der Waals surface area contributed by atoms with Crippen LogP contribution < -0.4 is 0 Å². The van der Waals surface area contributed by atoms with Crippen LogP contribution in [0.1, 0.15) is 0 Å². The van der Waals surface area contributed by atoms with E-state index in [0.717, 1.165) is 0 Å². The molecule has 0 fully saturated rings. The zero-order chi connectivity index (χ0) is 10.0. The Kier molecular flexibility index (Phi) is 2.20. The van der Waals surface area contributed by atoms with Crippen LogP contribution in [0.15, 0.2) is 35.7 Å². The Bertz CT molecular complexity index is 372. The standard InChI is InChI=1S/C9H8N2O2/c1-6-7(4-10)3-8(9(12)13)5-11(6)2/h3,5H,1H2,2H3,(H,12,13). The minimum atomic E-state index is -1.05. The molecule has 0 aliphatic carbocycles. The van der Waals surface area contributed by atoms with Crippen LogP contribution in [0.5, 0.6) is 0 Å². The predicted octanol–water partition coefficient (Wildman–Crippen LogP) is 0.864. The second-order valence-electron chi connectivity index (χ2n) is 2.62. The van der Waals surface area contributed by atoms with Gasteiger partial charge in [0.25, 0.3) is 0 Å². The summed E-state index contributed by atoms with van der Waals surface area (Å²) >= 11 is 0. The van der Waals surface area contributed by atoms with E-state index in [0.29, 0.717) is 5.70 Å². The highest BCUT2D eigenvalue weighted by Gasteiger charge is 2.16. The number of carbonyl (C=O) groups is 1. The molecule has 0 unspecified atom stereocenters. The summed E-state index contributed by atoms with van der Waals surface area (Å²) in [5.74, 6) is -1.05. The van der Waals surface area contributed by atoms with Crippen LogP contribution in [0.2, 0.25) is 0 Å². The van der Waals surface area contributed by atoms with Crippen molar-refractivity contribution in [3.05, 3.63) is 35.7 Å². The van der Waals surface area contributed by atoms with Crippen molar-refractivity contribution < 1.29 is 9.90 Å². The lowest BCUT2D eigenvalue weighted by atomic mass is 10.1. The van der Waals surface area contributed by atoms with Crippen LogP contribution in [-0.4, -0.2) is 23.0 Å². The number of aliphatic carboxylic acids is 1. The van der Waals surface area contributed by atoms with Crippen LogP contribution in [0.4, 0.5) is 0 Å². The highest BCUT2D eigenvalue weighted by Crippen LogP contribution is 2.20. The maximum atomic E-state index is 10.6. The van der Waals surface area contributed by atoms with Gasteiger partial charge in [-0.25, -0.2) is 4.79 Å². The Balaban J connectivity index is 3.13. The van der Waals surface area contributed by atoms with Crippen LogP contribution in [0, 0.1) is 11.3 Å². The summed E-state index contributed by atoms with van der Waals surface area (Å²) in [6.45, 7) is 3.64. The van der Waals surface area contributed by atoms with Gasteiger partial charge in [0.15, 0.2) is 0 Å². The number of nitriles is 1. The molecule has 4 nitrogen and oxygen atoms in total. The highest BCUT2D eigenvalue weighted by atomic mass is 16.4. The van der Waals surface area contributed by atoms with Gasteiger partial charge in [0.1, 0.15) is 6.07 Å².